The molecule has 1 fully saturated rings. The summed E-state index contributed by atoms with van der Waals surface area (Å²) in [5.41, 5.74) is 1.73. The molecule has 0 spiro atoms. The molecule has 0 aliphatic carbocycles. The predicted molar refractivity (Wildman–Crippen MR) is 137 cm³/mol. The Morgan fingerprint density at radius 2 is 1.83 bits per heavy atom. The van der Waals surface area contributed by atoms with Crippen molar-refractivity contribution in [2.24, 2.45) is 0 Å². The van der Waals surface area contributed by atoms with Gasteiger partial charge in [0.2, 0.25) is 0 Å². The fraction of sp³-hybridized carbons (Fsp3) is 0.286. The van der Waals surface area contributed by atoms with Crippen LogP contribution in [0, 0.1) is 11.8 Å². The number of aromatic nitrogens is 2. The predicted octanol–water partition coefficient (Wildman–Crippen LogP) is 4.66. The molecule has 186 valence electrons. The number of likely N-dealkylation sites (tertiary alicyclic amines) is 1. The number of aliphatic hydroxyl groups excluding tert-OH is 1. The van der Waals surface area contributed by atoms with Gasteiger partial charge in [0.15, 0.2) is 5.60 Å². The van der Waals surface area contributed by atoms with Crippen molar-refractivity contribution in [3.05, 3.63) is 89.0 Å². The molecule has 36 heavy (non-hydrogen) atoms. The van der Waals surface area contributed by atoms with Gasteiger partial charge in [-0.15, -0.1) is 0 Å². The minimum absolute atomic E-state index is 0.0268. The van der Waals surface area contributed by atoms with Gasteiger partial charge in [-0.1, -0.05) is 41.8 Å². The summed E-state index contributed by atoms with van der Waals surface area (Å²) in [6.07, 6.45) is 5.39. The van der Waals surface area contributed by atoms with Gasteiger partial charge in [-0.05, 0) is 54.3 Å². The number of pyridine rings is 2. The molecule has 0 saturated carbocycles. The number of halogens is 3. The molecule has 2 N–H and O–H groups in total. The van der Waals surface area contributed by atoms with Crippen molar-refractivity contribution in [3.63, 3.8) is 0 Å². The third-order valence-corrected chi connectivity index (χ3v) is 6.52. The number of nitrogens with zero attached hydrogens (tertiary/aromatic N) is 3. The van der Waals surface area contributed by atoms with Gasteiger partial charge in [0.25, 0.3) is 5.92 Å². The number of piperidine rings is 1. The van der Waals surface area contributed by atoms with Crippen molar-refractivity contribution in [1.29, 1.82) is 0 Å². The molecule has 5 nitrogen and oxygen atoms in total. The Morgan fingerprint density at radius 1 is 1.08 bits per heavy atom. The molecule has 0 radical (unpaired) electrons. The van der Waals surface area contributed by atoms with Gasteiger partial charge < -0.3 is 10.2 Å². The van der Waals surface area contributed by atoms with Crippen LogP contribution in [0.2, 0.25) is 5.02 Å². The van der Waals surface area contributed by atoms with Crippen LogP contribution < -0.4 is 0 Å². The molecule has 2 aromatic heterocycles. The molecule has 3 heterocycles. The second kappa shape index (κ2) is 10.9. The highest BCUT2D eigenvalue weighted by Gasteiger charge is 2.55. The summed E-state index contributed by atoms with van der Waals surface area (Å²) in [5.74, 6) is 2.72. The van der Waals surface area contributed by atoms with Gasteiger partial charge >= 0.3 is 0 Å². The third kappa shape index (κ3) is 6.15. The Kier molecular flexibility index (Phi) is 7.82. The second-order valence-electron chi connectivity index (χ2n) is 8.90. The molecular formula is C28H26ClF2N3O2. The zero-order valence-corrected chi connectivity index (χ0v) is 20.5. The normalized spacial score (nSPS) is 20.8. The maximum Gasteiger partial charge on any atom is 0.276 e. The van der Waals surface area contributed by atoms with E-state index >= 15 is 0 Å². The lowest BCUT2D eigenvalue weighted by molar-refractivity contribution is -0.236. The Morgan fingerprint density at radius 3 is 2.44 bits per heavy atom. The van der Waals surface area contributed by atoms with Crippen LogP contribution >= 0.6 is 11.6 Å². The lowest BCUT2D eigenvalue weighted by Gasteiger charge is -2.44. The number of alkyl halides is 2. The van der Waals surface area contributed by atoms with Crippen molar-refractivity contribution in [2.75, 3.05) is 19.6 Å². The van der Waals surface area contributed by atoms with Gasteiger partial charge in [-0.2, -0.15) is 0 Å². The molecule has 1 aliphatic rings. The summed E-state index contributed by atoms with van der Waals surface area (Å²) >= 11 is 5.94. The smallest absolute Gasteiger partial charge is 0.276 e. The summed E-state index contributed by atoms with van der Waals surface area (Å²) in [7, 11) is 0. The average molecular weight is 510 g/mol. The number of aliphatic hydroxyl groups is 2. The molecule has 1 aromatic carbocycles. The topological polar surface area (TPSA) is 69.5 Å². The van der Waals surface area contributed by atoms with E-state index in [1.807, 2.05) is 65.6 Å². The molecular weight excluding hydrogens is 484 g/mol. The van der Waals surface area contributed by atoms with Crippen molar-refractivity contribution in [3.8, 4) is 23.0 Å². The zero-order chi connectivity index (χ0) is 25.8. The molecule has 8 heteroatoms. The highest BCUT2D eigenvalue weighted by atomic mass is 35.5. The first-order valence-electron chi connectivity index (χ1n) is 11.5. The monoisotopic (exact) mass is 509 g/mol. The second-order valence-corrected chi connectivity index (χ2v) is 9.34. The van der Waals surface area contributed by atoms with E-state index in [0.29, 0.717) is 24.2 Å². The molecule has 2 unspecified atom stereocenters. The van der Waals surface area contributed by atoms with Gasteiger partial charge in [0, 0.05) is 55.1 Å². The Balaban J connectivity index is 1.30. The molecule has 1 aliphatic heterocycles. The first-order valence-corrected chi connectivity index (χ1v) is 11.9. The van der Waals surface area contributed by atoms with E-state index < -0.39 is 17.6 Å². The van der Waals surface area contributed by atoms with Crippen LogP contribution in [0.3, 0.4) is 0 Å². The Hall–Kier alpha value is -3.15. The van der Waals surface area contributed by atoms with E-state index in [4.69, 9.17) is 11.6 Å². The number of hydrogen-bond donors (Lipinski definition) is 2. The van der Waals surface area contributed by atoms with Gasteiger partial charge in [0.1, 0.15) is 11.8 Å². The maximum atomic E-state index is 13.7. The van der Waals surface area contributed by atoms with Gasteiger partial charge in [-0.3, -0.25) is 9.88 Å². The summed E-state index contributed by atoms with van der Waals surface area (Å²) in [6.45, 7) is 1.32. The number of benzene rings is 1. The van der Waals surface area contributed by atoms with Gasteiger partial charge in [0.05, 0.1) is 5.69 Å². The average Bonchev–Trinajstić information content (AvgIpc) is 2.86. The van der Waals surface area contributed by atoms with Crippen LogP contribution in [0.4, 0.5) is 8.78 Å². The van der Waals surface area contributed by atoms with Crippen LogP contribution in [-0.4, -0.2) is 62.3 Å². The minimum atomic E-state index is -3.36. The highest BCUT2D eigenvalue weighted by Crippen LogP contribution is 2.37. The Bertz CT molecular complexity index is 1260. The van der Waals surface area contributed by atoms with E-state index in [9.17, 15) is 19.0 Å². The van der Waals surface area contributed by atoms with Crippen LogP contribution in [0.15, 0.2) is 67.0 Å². The van der Waals surface area contributed by atoms with E-state index in [-0.39, 0.29) is 19.5 Å². The number of β-amino-alcohol motifs (C(OH)–C–C–N with tert-alkyl or cyclic N) is 1. The van der Waals surface area contributed by atoms with Crippen LogP contribution in [0.25, 0.3) is 17.2 Å². The van der Waals surface area contributed by atoms with Crippen molar-refractivity contribution < 1.29 is 19.0 Å². The van der Waals surface area contributed by atoms with E-state index in [1.165, 1.54) is 0 Å². The first kappa shape index (κ1) is 25.9. The quantitative estimate of drug-likeness (QED) is 0.489. The van der Waals surface area contributed by atoms with Crippen molar-refractivity contribution in [2.45, 2.75) is 31.0 Å². The molecule has 3 aromatic rings. The highest BCUT2D eigenvalue weighted by molar-refractivity contribution is 6.30. The van der Waals surface area contributed by atoms with Crippen molar-refractivity contribution in [1.82, 2.24) is 14.9 Å². The zero-order valence-electron chi connectivity index (χ0n) is 19.7. The summed E-state index contributed by atoms with van der Waals surface area (Å²) < 4.78 is 27.3. The number of hydrogen-bond acceptors (Lipinski definition) is 5. The lowest BCUT2D eigenvalue weighted by atomic mass is 9.83. The molecule has 2 atom stereocenters. The van der Waals surface area contributed by atoms with E-state index in [1.54, 1.807) is 12.4 Å². The summed E-state index contributed by atoms with van der Waals surface area (Å²) in [5, 5.41) is 20.9. The summed E-state index contributed by atoms with van der Waals surface area (Å²) in [4.78, 5) is 10.6. The molecule has 0 amide bonds. The van der Waals surface area contributed by atoms with E-state index in [2.05, 4.69) is 21.8 Å². The summed E-state index contributed by atoms with van der Waals surface area (Å²) in [6, 6.07) is 15.1. The number of rotatable bonds is 5. The molecule has 1 saturated heterocycles. The SMILES string of the molecule is CC(F)(F)C1(O)CCN(C/C=C/c2ccc(C#Cc3ccc(-c4ccc(Cl)cc4)cn3)cn2)CC1O. The first-order chi connectivity index (χ1) is 17.1. The maximum absolute atomic E-state index is 13.7. The van der Waals surface area contributed by atoms with Crippen LogP contribution in [-0.2, 0) is 0 Å². The third-order valence-electron chi connectivity index (χ3n) is 6.27. The van der Waals surface area contributed by atoms with Gasteiger partial charge in [-0.25, -0.2) is 13.8 Å². The fourth-order valence-corrected chi connectivity index (χ4v) is 4.10. The molecule has 0 bridgehead atoms. The largest absolute Gasteiger partial charge is 0.389 e. The minimum Gasteiger partial charge on any atom is -0.389 e. The van der Waals surface area contributed by atoms with Crippen LogP contribution in [0.1, 0.15) is 30.3 Å². The van der Waals surface area contributed by atoms with Crippen molar-refractivity contribution >= 4 is 17.7 Å². The standard InChI is InChI=1S/C28H26ClF2N3O2/c1-27(30,31)28(36)14-16-34(19-26(28)35)15-2-3-24-11-4-20(17-32-24)5-12-25-13-8-22(18-33-25)21-6-9-23(29)10-7-21/h2-4,6-11,13,17-18,26,35-36H,14-16,19H2,1H3/b3-2+. The Labute approximate surface area is 214 Å². The fourth-order valence-electron chi connectivity index (χ4n) is 3.98. The molecule has 4 rings (SSSR count). The van der Waals surface area contributed by atoms with E-state index in [0.717, 1.165) is 22.4 Å². The lowest BCUT2D eigenvalue weighted by Crippen LogP contribution is -2.63. The van der Waals surface area contributed by atoms with Crippen LogP contribution in [0.5, 0.6) is 0 Å².